The SMILES string of the molecule is CCC1CN(S(=O)(=O)c2cc(C)c(Br)s2)CCN1C. The molecule has 1 fully saturated rings. The van der Waals surface area contributed by atoms with E-state index in [0.717, 1.165) is 22.3 Å². The Balaban J connectivity index is 2.25. The van der Waals surface area contributed by atoms with Gasteiger partial charge >= 0.3 is 0 Å². The summed E-state index contributed by atoms with van der Waals surface area (Å²) in [5.41, 5.74) is 0.977. The van der Waals surface area contributed by atoms with Gasteiger partial charge in [0.15, 0.2) is 0 Å². The molecule has 0 saturated carbocycles. The molecule has 0 bridgehead atoms. The number of aryl methyl sites for hydroxylation is 1. The van der Waals surface area contributed by atoms with E-state index in [0.29, 0.717) is 23.3 Å². The number of sulfonamides is 1. The molecule has 0 radical (unpaired) electrons. The van der Waals surface area contributed by atoms with E-state index >= 15 is 0 Å². The Hall–Kier alpha value is 0.0500. The maximum Gasteiger partial charge on any atom is 0.252 e. The largest absolute Gasteiger partial charge is 0.301 e. The molecule has 0 spiro atoms. The second-order valence-corrected chi connectivity index (χ2v) is 9.46. The van der Waals surface area contributed by atoms with Gasteiger partial charge in [0.25, 0.3) is 10.0 Å². The maximum absolute atomic E-state index is 12.6. The molecular formula is C12H19BrN2O2S2. The van der Waals surface area contributed by atoms with Gasteiger partial charge in [-0.15, -0.1) is 11.3 Å². The molecule has 1 saturated heterocycles. The van der Waals surface area contributed by atoms with E-state index in [-0.39, 0.29) is 0 Å². The van der Waals surface area contributed by atoms with Crippen LogP contribution in [0.3, 0.4) is 0 Å². The summed E-state index contributed by atoms with van der Waals surface area (Å²) >= 11 is 4.69. The Bertz CT molecular complexity index is 537. The zero-order valence-electron chi connectivity index (χ0n) is 11.4. The van der Waals surface area contributed by atoms with Crippen molar-refractivity contribution in [2.45, 2.75) is 30.5 Å². The van der Waals surface area contributed by atoms with Crippen molar-refractivity contribution in [2.24, 2.45) is 0 Å². The van der Waals surface area contributed by atoms with E-state index in [1.165, 1.54) is 11.3 Å². The smallest absolute Gasteiger partial charge is 0.252 e. The fourth-order valence-corrected chi connectivity index (χ4v) is 6.11. The predicted molar refractivity (Wildman–Crippen MR) is 82.2 cm³/mol. The van der Waals surface area contributed by atoms with Crippen LogP contribution in [-0.2, 0) is 10.0 Å². The van der Waals surface area contributed by atoms with Gasteiger partial charge < -0.3 is 4.90 Å². The summed E-state index contributed by atoms with van der Waals surface area (Å²) in [5.74, 6) is 0. The number of thiophene rings is 1. The van der Waals surface area contributed by atoms with E-state index in [1.807, 2.05) is 6.92 Å². The molecule has 0 aliphatic carbocycles. The van der Waals surface area contributed by atoms with Crippen LogP contribution < -0.4 is 0 Å². The average Bonchev–Trinajstić information content (AvgIpc) is 2.70. The monoisotopic (exact) mass is 366 g/mol. The molecule has 1 aliphatic rings. The van der Waals surface area contributed by atoms with Gasteiger partial charge in [-0.25, -0.2) is 8.42 Å². The minimum absolute atomic E-state index is 0.313. The van der Waals surface area contributed by atoms with Crippen LogP contribution in [-0.4, -0.2) is 50.3 Å². The van der Waals surface area contributed by atoms with E-state index in [1.54, 1.807) is 10.4 Å². The van der Waals surface area contributed by atoms with Crippen LogP contribution in [0.4, 0.5) is 0 Å². The number of rotatable bonds is 3. The van der Waals surface area contributed by atoms with Gasteiger partial charge in [0.1, 0.15) is 4.21 Å². The third-order valence-corrected chi connectivity index (χ3v) is 8.09. The van der Waals surface area contributed by atoms with Crippen LogP contribution in [0.1, 0.15) is 18.9 Å². The number of hydrogen-bond acceptors (Lipinski definition) is 4. The summed E-state index contributed by atoms with van der Waals surface area (Å²) in [7, 11) is -1.28. The van der Waals surface area contributed by atoms with Crippen molar-refractivity contribution < 1.29 is 8.42 Å². The predicted octanol–water partition coefficient (Wildman–Crippen LogP) is 2.53. The highest BCUT2D eigenvalue weighted by Gasteiger charge is 2.33. The minimum Gasteiger partial charge on any atom is -0.301 e. The van der Waals surface area contributed by atoms with Crippen molar-refractivity contribution in [1.82, 2.24) is 9.21 Å². The second-order valence-electron chi connectivity index (χ2n) is 4.93. The molecular weight excluding hydrogens is 348 g/mol. The van der Waals surface area contributed by atoms with Crippen LogP contribution in [0.25, 0.3) is 0 Å². The second kappa shape index (κ2) is 5.81. The fourth-order valence-electron chi connectivity index (χ4n) is 2.26. The number of halogens is 1. The fraction of sp³-hybridized carbons (Fsp3) is 0.667. The highest BCUT2D eigenvalue weighted by Crippen LogP contribution is 2.33. The Morgan fingerprint density at radius 1 is 1.47 bits per heavy atom. The number of hydrogen-bond donors (Lipinski definition) is 0. The van der Waals surface area contributed by atoms with E-state index < -0.39 is 10.0 Å². The lowest BCUT2D eigenvalue weighted by Crippen LogP contribution is -2.52. The maximum atomic E-state index is 12.6. The minimum atomic E-state index is -3.33. The van der Waals surface area contributed by atoms with Gasteiger partial charge in [-0.2, -0.15) is 4.31 Å². The highest BCUT2D eigenvalue weighted by molar-refractivity contribution is 9.11. The molecule has 0 aromatic carbocycles. The Morgan fingerprint density at radius 2 is 2.16 bits per heavy atom. The first-order chi connectivity index (χ1) is 8.86. The first-order valence-electron chi connectivity index (χ1n) is 6.32. The zero-order valence-corrected chi connectivity index (χ0v) is 14.6. The molecule has 1 aromatic heterocycles. The van der Waals surface area contributed by atoms with Crippen LogP contribution in [0, 0.1) is 6.92 Å². The van der Waals surface area contributed by atoms with Gasteiger partial charge in [-0.3, -0.25) is 0 Å². The van der Waals surface area contributed by atoms with E-state index in [2.05, 4.69) is 34.8 Å². The Morgan fingerprint density at radius 3 is 2.68 bits per heavy atom. The summed E-state index contributed by atoms with van der Waals surface area (Å²) in [4.78, 5) is 2.24. The van der Waals surface area contributed by atoms with Crippen molar-refractivity contribution in [3.63, 3.8) is 0 Å². The molecule has 19 heavy (non-hydrogen) atoms. The number of nitrogens with zero attached hydrogens (tertiary/aromatic N) is 2. The molecule has 1 aromatic rings. The third-order valence-electron chi connectivity index (χ3n) is 3.64. The highest BCUT2D eigenvalue weighted by atomic mass is 79.9. The van der Waals surface area contributed by atoms with E-state index in [9.17, 15) is 8.42 Å². The first-order valence-corrected chi connectivity index (χ1v) is 9.37. The van der Waals surface area contributed by atoms with Gasteiger partial charge in [0.2, 0.25) is 0 Å². The van der Waals surface area contributed by atoms with Gasteiger partial charge in [0.05, 0.1) is 3.79 Å². The number of likely N-dealkylation sites (N-methyl/N-ethyl adjacent to an activating group) is 1. The third kappa shape index (κ3) is 3.05. The summed E-state index contributed by atoms with van der Waals surface area (Å²) in [6.45, 7) is 5.97. The number of piperazine rings is 1. The topological polar surface area (TPSA) is 40.6 Å². The first kappa shape index (κ1) is 15.4. The lowest BCUT2D eigenvalue weighted by Gasteiger charge is -2.38. The molecule has 1 atom stereocenters. The van der Waals surface area contributed by atoms with Crippen molar-refractivity contribution >= 4 is 37.3 Å². The lowest BCUT2D eigenvalue weighted by atomic mass is 10.1. The van der Waals surface area contributed by atoms with Crippen molar-refractivity contribution in [3.05, 3.63) is 15.4 Å². The summed E-state index contributed by atoms with van der Waals surface area (Å²) in [6, 6.07) is 2.07. The van der Waals surface area contributed by atoms with Crippen molar-refractivity contribution in [1.29, 1.82) is 0 Å². The standard InChI is InChI=1S/C12H19BrN2O2S2/c1-4-10-8-15(6-5-14(10)3)19(16,17)11-7-9(2)12(13)18-11/h7,10H,4-6,8H2,1-3H3. The summed E-state index contributed by atoms with van der Waals surface area (Å²) < 4.78 is 28.2. The van der Waals surface area contributed by atoms with Crippen molar-refractivity contribution in [3.8, 4) is 0 Å². The quantitative estimate of drug-likeness (QED) is 0.825. The van der Waals surface area contributed by atoms with Crippen LogP contribution in [0.15, 0.2) is 14.1 Å². The van der Waals surface area contributed by atoms with E-state index in [4.69, 9.17) is 0 Å². The Kier molecular flexibility index (Phi) is 4.72. The lowest BCUT2D eigenvalue weighted by molar-refractivity contribution is 0.144. The van der Waals surface area contributed by atoms with Crippen molar-refractivity contribution in [2.75, 3.05) is 26.7 Å². The molecule has 1 unspecified atom stereocenters. The van der Waals surface area contributed by atoms with Crippen LogP contribution >= 0.6 is 27.3 Å². The van der Waals surface area contributed by atoms with Gasteiger partial charge in [0, 0.05) is 25.7 Å². The molecule has 0 N–H and O–H groups in total. The molecule has 2 rings (SSSR count). The molecule has 0 amide bonds. The molecule has 4 nitrogen and oxygen atoms in total. The summed E-state index contributed by atoms with van der Waals surface area (Å²) in [6.07, 6.45) is 0.968. The zero-order chi connectivity index (χ0) is 14.2. The van der Waals surface area contributed by atoms with Crippen LogP contribution in [0.2, 0.25) is 0 Å². The van der Waals surface area contributed by atoms with Gasteiger partial charge in [-0.05, 0) is 48.0 Å². The van der Waals surface area contributed by atoms with Gasteiger partial charge in [-0.1, -0.05) is 6.92 Å². The molecule has 7 heteroatoms. The molecule has 2 heterocycles. The molecule has 108 valence electrons. The average molecular weight is 367 g/mol. The summed E-state index contributed by atoms with van der Waals surface area (Å²) in [5, 5.41) is 0. The Labute approximate surface area is 127 Å². The normalized spacial score (nSPS) is 22.8. The van der Waals surface area contributed by atoms with Crippen LogP contribution in [0.5, 0.6) is 0 Å². The molecule has 1 aliphatic heterocycles.